The van der Waals surface area contributed by atoms with Crippen molar-refractivity contribution in [2.45, 2.75) is 6.04 Å². The highest BCUT2D eigenvalue weighted by atomic mass is 32.1. The summed E-state index contributed by atoms with van der Waals surface area (Å²) in [5.41, 5.74) is 11.0. The first-order valence-corrected chi connectivity index (χ1v) is 7.22. The lowest BCUT2D eigenvalue weighted by molar-refractivity contribution is 0.877. The Labute approximate surface area is 117 Å². The molecule has 0 fully saturated rings. The second-order valence-electron chi connectivity index (χ2n) is 4.52. The van der Waals surface area contributed by atoms with E-state index in [9.17, 15) is 0 Å². The summed E-state index contributed by atoms with van der Waals surface area (Å²) in [4.78, 5) is 0. The highest BCUT2D eigenvalue weighted by molar-refractivity contribution is 7.08. The van der Waals surface area contributed by atoms with Gasteiger partial charge in [0.25, 0.3) is 0 Å². The Kier molecular flexibility index (Phi) is 3.45. The van der Waals surface area contributed by atoms with Gasteiger partial charge in [-0.1, -0.05) is 54.6 Å². The van der Waals surface area contributed by atoms with Crippen molar-refractivity contribution in [1.82, 2.24) is 0 Å². The molecule has 3 aromatic rings. The zero-order valence-electron chi connectivity index (χ0n) is 10.5. The number of rotatable bonds is 3. The van der Waals surface area contributed by atoms with Gasteiger partial charge in [-0.2, -0.15) is 11.3 Å². The Hall–Kier alpha value is -1.90. The Morgan fingerprint density at radius 3 is 2.05 bits per heavy atom. The smallest absolute Gasteiger partial charge is 0.0559 e. The third-order valence-electron chi connectivity index (χ3n) is 3.28. The van der Waals surface area contributed by atoms with Crippen molar-refractivity contribution in [1.29, 1.82) is 0 Å². The molecule has 0 spiro atoms. The summed E-state index contributed by atoms with van der Waals surface area (Å²) >= 11 is 1.68. The molecule has 1 heterocycles. The molecule has 1 nitrogen and oxygen atoms in total. The zero-order valence-corrected chi connectivity index (χ0v) is 11.3. The molecule has 2 heteroatoms. The molecule has 1 atom stereocenters. The first kappa shape index (κ1) is 12.2. The van der Waals surface area contributed by atoms with Crippen LogP contribution in [0.2, 0.25) is 0 Å². The van der Waals surface area contributed by atoms with Crippen LogP contribution in [-0.4, -0.2) is 0 Å². The van der Waals surface area contributed by atoms with Gasteiger partial charge in [0.05, 0.1) is 6.04 Å². The van der Waals surface area contributed by atoms with Gasteiger partial charge in [0.1, 0.15) is 0 Å². The van der Waals surface area contributed by atoms with Gasteiger partial charge >= 0.3 is 0 Å². The molecular formula is C17H15NS. The summed E-state index contributed by atoms with van der Waals surface area (Å²) in [5.74, 6) is 0. The number of hydrogen-bond donors (Lipinski definition) is 1. The first-order valence-electron chi connectivity index (χ1n) is 6.27. The van der Waals surface area contributed by atoms with E-state index in [0.717, 1.165) is 5.56 Å². The monoisotopic (exact) mass is 265 g/mol. The van der Waals surface area contributed by atoms with Crippen molar-refractivity contribution < 1.29 is 0 Å². The second kappa shape index (κ2) is 5.39. The minimum absolute atomic E-state index is 0.0314. The fraction of sp³-hybridized carbons (Fsp3) is 0.0588. The van der Waals surface area contributed by atoms with E-state index in [1.54, 1.807) is 11.3 Å². The van der Waals surface area contributed by atoms with Crippen LogP contribution in [0.15, 0.2) is 71.4 Å². The Morgan fingerprint density at radius 2 is 1.42 bits per heavy atom. The van der Waals surface area contributed by atoms with Crippen molar-refractivity contribution in [2.24, 2.45) is 5.73 Å². The van der Waals surface area contributed by atoms with Crippen molar-refractivity contribution in [3.05, 3.63) is 82.6 Å². The summed E-state index contributed by atoms with van der Waals surface area (Å²) in [6.07, 6.45) is 0. The van der Waals surface area contributed by atoms with Crippen LogP contribution in [0, 0.1) is 0 Å². The number of thiophene rings is 1. The molecule has 2 N–H and O–H groups in total. The van der Waals surface area contributed by atoms with Gasteiger partial charge in [0.15, 0.2) is 0 Å². The molecular weight excluding hydrogens is 250 g/mol. The van der Waals surface area contributed by atoms with Crippen LogP contribution in [0.1, 0.15) is 17.2 Å². The van der Waals surface area contributed by atoms with Gasteiger partial charge in [-0.25, -0.2) is 0 Å². The van der Waals surface area contributed by atoms with Crippen LogP contribution in [0.4, 0.5) is 0 Å². The quantitative estimate of drug-likeness (QED) is 0.743. The van der Waals surface area contributed by atoms with E-state index >= 15 is 0 Å². The van der Waals surface area contributed by atoms with Crippen LogP contribution in [0.5, 0.6) is 0 Å². The summed E-state index contributed by atoms with van der Waals surface area (Å²) in [6, 6.07) is 20.9. The van der Waals surface area contributed by atoms with E-state index in [1.165, 1.54) is 16.7 Å². The fourth-order valence-corrected chi connectivity index (χ4v) is 2.85. The van der Waals surface area contributed by atoms with Gasteiger partial charge in [-0.15, -0.1) is 0 Å². The average Bonchev–Trinajstić information content (AvgIpc) is 3.02. The normalized spacial score (nSPS) is 12.3. The maximum atomic E-state index is 6.26. The lowest BCUT2D eigenvalue weighted by atomic mass is 9.98. The van der Waals surface area contributed by atoms with Crippen LogP contribution >= 0.6 is 11.3 Å². The molecule has 2 aromatic carbocycles. The number of nitrogens with two attached hydrogens (primary N) is 1. The van der Waals surface area contributed by atoms with Crippen molar-refractivity contribution in [3.8, 4) is 11.1 Å². The highest BCUT2D eigenvalue weighted by Crippen LogP contribution is 2.25. The van der Waals surface area contributed by atoms with Crippen molar-refractivity contribution >= 4 is 11.3 Å². The largest absolute Gasteiger partial charge is 0.320 e. The van der Waals surface area contributed by atoms with Crippen molar-refractivity contribution in [3.63, 3.8) is 0 Å². The predicted octanol–water partition coefficient (Wildman–Crippen LogP) is 4.46. The SMILES string of the molecule is N[C@@H](c1ccc(-c2ccccc2)cc1)c1ccsc1. The third-order valence-corrected chi connectivity index (χ3v) is 3.98. The van der Waals surface area contributed by atoms with E-state index < -0.39 is 0 Å². The van der Waals surface area contributed by atoms with Gasteiger partial charge in [-0.05, 0) is 39.1 Å². The molecule has 19 heavy (non-hydrogen) atoms. The predicted molar refractivity (Wildman–Crippen MR) is 82.2 cm³/mol. The Balaban J connectivity index is 1.87. The summed E-state index contributed by atoms with van der Waals surface area (Å²) in [6.45, 7) is 0. The lowest BCUT2D eigenvalue weighted by Crippen LogP contribution is -2.10. The first-order chi connectivity index (χ1) is 9.34. The average molecular weight is 265 g/mol. The maximum Gasteiger partial charge on any atom is 0.0559 e. The third kappa shape index (κ3) is 2.60. The molecule has 0 bridgehead atoms. The van der Waals surface area contributed by atoms with E-state index in [2.05, 4.69) is 65.4 Å². The molecule has 1 aromatic heterocycles. The van der Waals surface area contributed by atoms with E-state index in [1.807, 2.05) is 6.07 Å². The van der Waals surface area contributed by atoms with Gasteiger partial charge in [-0.3, -0.25) is 0 Å². The molecule has 3 rings (SSSR count). The molecule has 0 radical (unpaired) electrons. The molecule has 0 unspecified atom stereocenters. The summed E-state index contributed by atoms with van der Waals surface area (Å²) < 4.78 is 0. The molecule has 0 aliphatic heterocycles. The van der Waals surface area contributed by atoms with Gasteiger partial charge in [0, 0.05) is 0 Å². The molecule has 0 aliphatic rings. The number of benzene rings is 2. The van der Waals surface area contributed by atoms with E-state index in [4.69, 9.17) is 5.73 Å². The Bertz CT molecular complexity index is 627. The second-order valence-corrected chi connectivity index (χ2v) is 5.30. The summed E-state index contributed by atoms with van der Waals surface area (Å²) in [7, 11) is 0. The Morgan fingerprint density at radius 1 is 0.737 bits per heavy atom. The maximum absolute atomic E-state index is 6.26. The van der Waals surface area contributed by atoms with Crippen LogP contribution in [0.3, 0.4) is 0 Å². The molecule has 0 aliphatic carbocycles. The molecule has 94 valence electrons. The van der Waals surface area contributed by atoms with E-state index in [-0.39, 0.29) is 6.04 Å². The fourth-order valence-electron chi connectivity index (χ4n) is 2.16. The zero-order chi connectivity index (χ0) is 13.1. The van der Waals surface area contributed by atoms with Crippen LogP contribution in [-0.2, 0) is 0 Å². The van der Waals surface area contributed by atoms with Gasteiger partial charge < -0.3 is 5.73 Å². The number of hydrogen-bond acceptors (Lipinski definition) is 2. The van der Waals surface area contributed by atoms with Crippen molar-refractivity contribution in [2.75, 3.05) is 0 Å². The summed E-state index contributed by atoms with van der Waals surface area (Å²) in [5, 5.41) is 4.17. The molecule has 0 amide bonds. The topological polar surface area (TPSA) is 26.0 Å². The standard InChI is InChI=1S/C17H15NS/c18-17(16-10-11-19-12-16)15-8-6-14(7-9-15)13-4-2-1-3-5-13/h1-12,17H,18H2/t17-/m0/s1. The van der Waals surface area contributed by atoms with Crippen LogP contribution < -0.4 is 5.73 Å². The minimum Gasteiger partial charge on any atom is -0.320 e. The van der Waals surface area contributed by atoms with Gasteiger partial charge in [0.2, 0.25) is 0 Å². The molecule has 0 saturated heterocycles. The minimum atomic E-state index is -0.0314. The lowest BCUT2D eigenvalue weighted by Gasteiger charge is -2.11. The van der Waals surface area contributed by atoms with E-state index in [0.29, 0.717) is 0 Å². The van der Waals surface area contributed by atoms with Crippen LogP contribution in [0.25, 0.3) is 11.1 Å². The highest BCUT2D eigenvalue weighted by Gasteiger charge is 2.09. The molecule has 0 saturated carbocycles.